The minimum absolute atomic E-state index is 0. The van der Waals surface area contributed by atoms with Gasteiger partial charge in [0, 0.05) is 33.9 Å². The van der Waals surface area contributed by atoms with E-state index in [4.69, 9.17) is 9.47 Å². The highest BCUT2D eigenvalue weighted by atomic mass is 127. The van der Waals surface area contributed by atoms with Gasteiger partial charge < -0.3 is 20.1 Å². The molecule has 0 aromatic heterocycles. The molecule has 6 heteroatoms. The number of nitrogens with one attached hydrogen (secondary N) is 2. The molecule has 0 saturated carbocycles. The SMILES string of the molecule is CN=C(NCCCOC)NCCc1cc(C)ccc1OC.I. The summed E-state index contributed by atoms with van der Waals surface area (Å²) in [7, 11) is 5.19. The summed E-state index contributed by atoms with van der Waals surface area (Å²) < 4.78 is 10.4. The molecule has 22 heavy (non-hydrogen) atoms. The lowest BCUT2D eigenvalue weighted by atomic mass is 10.1. The maximum Gasteiger partial charge on any atom is 0.190 e. The molecule has 0 atom stereocenters. The topological polar surface area (TPSA) is 54.9 Å². The van der Waals surface area contributed by atoms with E-state index in [1.165, 1.54) is 11.1 Å². The molecule has 1 aromatic carbocycles. The van der Waals surface area contributed by atoms with Crippen LogP contribution in [0, 0.1) is 6.92 Å². The van der Waals surface area contributed by atoms with E-state index in [1.54, 1.807) is 21.3 Å². The molecule has 0 spiro atoms. The number of methoxy groups -OCH3 is 2. The first-order chi connectivity index (χ1) is 10.2. The van der Waals surface area contributed by atoms with Crippen molar-refractivity contribution in [3.8, 4) is 5.75 Å². The zero-order valence-electron chi connectivity index (χ0n) is 13.9. The number of hydrogen-bond acceptors (Lipinski definition) is 3. The van der Waals surface area contributed by atoms with Gasteiger partial charge >= 0.3 is 0 Å². The van der Waals surface area contributed by atoms with Crippen molar-refractivity contribution in [3.05, 3.63) is 29.3 Å². The molecule has 5 nitrogen and oxygen atoms in total. The van der Waals surface area contributed by atoms with Crippen LogP contribution in [0.1, 0.15) is 17.5 Å². The maximum absolute atomic E-state index is 5.39. The Hall–Kier alpha value is -1.02. The fraction of sp³-hybridized carbons (Fsp3) is 0.562. The van der Waals surface area contributed by atoms with Gasteiger partial charge in [0.2, 0.25) is 0 Å². The molecule has 0 amide bonds. The van der Waals surface area contributed by atoms with Crippen molar-refractivity contribution in [1.82, 2.24) is 10.6 Å². The zero-order chi connectivity index (χ0) is 15.5. The quantitative estimate of drug-likeness (QED) is 0.293. The van der Waals surface area contributed by atoms with Gasteiger partial charge in [-0.25, -0.2) is 0 Å². The lowest BCUT2D eigenvalue weighted by Crippen LogP contribution is -2.39. The Balaban J connectivity index is 0.00000441. The summed E-state index contributed by atoms with van der Waals surface area (Å²) in [5.41, 5.74) is 2.45. The van der Waals surface area contributed by atoms with E-state index in [1.807, 2.05) is 6.07 Å². The van der Waals surface area contributed by atoms with Crippen LogP contribution < -0.4 is 15.4 Å². The average Bonchev–Trinajstić information content (AvgIpc) is 2.50. The Bertz CT molecular complexity index is 453. The lowest BCUT2D eigenvalue weighted by Gasteiger charge is -2.13. The van der Waals surface area contributed by atoms with Gasteiger partial charge in [0.05, 0.1) is 7.11 Å². The van der Waals surface area contributed by atoms with E-state index in [0.717, 1.165) is 44.2 Å². The van der Waals surface area contributed by atoms with Crippen molar-refractivity contribution in [3.63, 3.8) is 0 Å². The van der Waals surface area contributed by atoms with E-state index in [2.05, 4.69) is 34.7 Å². The predicted octanol–water partition coefficient (Wildman–Crippen LogP) is 2.37. The first kappa shape index (κ1) is 21.0. The second-order valence-corrected chi connectivity index (χ2v) is 4.84. The van der Waals surface area contributed by atoms with Crippen LogP contribution in [0.15, 0.2) is 23.2 Å². The summed E-state index contributed by atoms with van der Waals surface area (Å²) >= 11 is 0. The summed E-state index contributed by atoms with van der Waals surface area (Å²) in [6.07, 6.45) is 1.85. The number of aryl methyl sites for hydroxylation is 1. The third-order valence-corrected chi connectivity index (χ3v) is 3.16. The highest BCUT2D eigenvalue weighted by molar-refractivity contribution is 14.0. The minimum atomic E-state index is 0. The van der Waals surface area contributed by atoms with Crippen LogP contribution in [0.4, 0.5) is 0 Å². The third kappa shape index (κ3) is 7.84. The number of guanidine groups is 1. The monoisotopic (exact) mass is 421 g/mol. The smallest absolute Gasteiger partial charge is 0.190 e. The number of rotatable bonds is 8. The van der Waals surface area contributed by atoms with Gasteiger partial charge in [-0.1, -0.05) is 17.7 Å². The van der Waals surface area contributed by atoms with Gasteiger partial charge in [-0.05, 0) is 31.4 Å². The van der Waals surface area contributed by atoms with Gasteiger partial charge in [-0.15, -0.1) is 24.0 Å². The van der Waals surface area contributed by atoms with Crippen molar-refractivity contribution in [2.24, 2.45) is 4.99 Å². The molecule has 0 fully saturated rings. The molecule has 1 rings (SSSR count). The van der Waals surface area contributed by atoms with Gasteiger partial charge in [0.15, 0.2) is 5.96 Å². The van der Waals surface area contributed by atoms with Crippen molar-refractivity contribution in [1.29, 1.82) is 0 Å². The molecule has 0 aliphatic rings. The average molecular weight is 421 g/mol. The van der Waals surface area contributed by atoms with Crippen molar-refractivity contribution >= 4 is 29.9 Å². The van der Waals surface area contributed by atoms with Gasteiger partial charge in [-0.2, -0.15) is 0 Å². The van der Waals surface area contributed by atoms with Crippen LogP contribution >= 0.6 is 24.0 Å². The summed E-state index contributed by atoms with van der Waals surface area (Å²) in [4.78, 5) is 4.20. The molecule has 2 N–H and O–H groups in total. The standard InChI is InChI=1S/C16H27N3O2.HI/c1-13-6-7-15(21-4)14(12-13)8-10-19-16(17-2)18-9-5-11-20-3;/h6-7,12H,5,8-11H2,1-4H3,(H2,17,18,19);1H. The second-order valence-electron chi connectivity index (χ2n) is 4.84. The summed E-state index contributed by atoms with van der Waals surface area (Å²) in [5.74, 6) is 1.75. The summed E-state index contributed by atoms with van der Waals surface area (Å²) in [5, 5.41) is 6.57. The third-order valence-electron chi connectivity index (χ3n) is 3.16. The Morgan fingerprint density at radius 3 is 2.55 bits per heavy atom. The number of ether oxygens (including phenoxy) is 2. The van der Waals surface area contributed by atoms with E-state index < -0.39 is 0 Å². The van der Waals surface area contributed by atoms with Crippen molar-refractivity contribution in [2.45, 2.75) is 19.8 Å². The van der Waals surface area contributed by atoms with Crippen LogP contribution in [0.25, 0.3) is 0 Å². The second kappa shape index (κ2) is 12.5. The zero-order valence-corrected chi connectivity index (χ0v) is 16.3. The number of aliphatic imine (C=N–C) groups is 1. The first-order valence-electron chi connectivity index (χ1n) is 7.28. The Morgan fingerprint density at radius 1 is 1.18 bits per heavy atom. The van der Waals surface area contributed by atoms with E-state index in [0.29, 0.717) is 0 Å². The molecule has 0 unspecified atom stereocenters. The summed E-state index contributed by atoms with van der Waals surface area (Å²) in [6.45, 7) is 4.50. The Kier molecular flexibility index (Phi) is 11.9. The maximum atomic E-state index is 5.39. The molecule has 0 heterocycles. The fourth-order valence-electron chi connectivity index (χ4n) is 2.06. The normalized spacial score (nSPS) is 10.8. The molecule has 1 aromatic rings. The van der Waals surface area contributed by atoms with Gasteiger partial charge in [0.25, 0.3) is 0 Å². The summed E-state index contributed by atoms with van der Waals surface area (Å²) in [6, 6.07) is 6.24. The highest BCUT2D eigenvalue weighted by Crippen LogP contribution is 2.19. The van der Waals surface area contributed by atoms with Crippen molar-refractivity contribution in [2.75, 3.05) is 41.0 Å². The molecule has 0 aliphatic carbocycles. The number of hydrogen-bond donors (Lipinski definition) is 2. The molecule has 0 saturated heterocycles. The van der Waals surface area contributed by atoms with Crippen molar-refractivity contribution < 1.29 is 9.47 Å². The van der Waals surface area contributed by atoms with Crippen LogP contribution in [0.2, 0.25) is 0 Å². The first-order valence-corrected chi connectivity index (χ1v) is 7.28. The predicted molar refractivity (Wildman–Crippen MR) is 103 cm³/mol. The Morgan fingerprint density at radius 2 is 1.91 bits per heavy atom. The molecular formula is C16H28IN3O2. The fourth-order valence-corrected chi connectivity index (χ4v) is 2.06. The highest BCUT2D eigenvalue weighted by Gasteiger charge is 2.04. The van der Waals surface area contributed by atoms with Gasteiger partial charge in [0.1, 0.15) is 5.75 Å². The molecule has 0 radical (unpaired) electrons. The molecular weight excluding hydrogens is 393 g/mol. The minimum Gasteiger partial charge on any atom is -0.496 e. The van der Waals surface area contributed by atoms with E-state index >= 15 is 0 Å². The van der Waals surface area contributed by atoms with Gasteiger partial charge in [-0.3, -0.25) is 4.99 Å². The van der Waals surface area contributed by atoms with Crippen LogP contribution in [-0.4, -0.2) is 46.9 Å². The Labute approximate surface area is 150 Å². The number of halogens is 1. The molecule has 0 aliphatic heterocycles. The van der Waals surface area contributed by atoms with Crippen LogP contribution in [-0.2, 0) is 11.2 Å². The molecule has 0 bridgehead atoms. The van der Waals surface area contributed by atoms with Crippen LogP contribution in [0.3, 0.4) is 0 Å². The van der Waals surface area contributed by atoms with Crippen LogP contribution in [0.5, 0.6) is 5.75 Å². The number of benzene rings is 1. The lowest BCUT2D eigenvalue weighted by molar-refractivity contribution is 0.195. The van der Waals surface area contributed by atoms with E-state index in [9.17, 15) is 0 Å². The number of nitrogens with zero attached hydrogens (tertiary/aromatic N) is 1. The molecule has 126 valence electrons. The van der Waals surface area contributed by atoms with E-state index in [-0.39, 0.29) is 24.0 Å². The largest absolute Gasteiger partial charge is 0.496 e.